The van der Waals surface area contributed by atoms with E-state index in [-0.39, 0.29) is 5.41 Å². The number of hydrogen-bond acceptors (Lipinski definition) is 3. The Morgan fingerprint density at radius 1 is 1.17 bits per heavy atom. The van der Waals surface area contributed by atoms with Gasteiger partial charge in [0.15, 0.2) is 0 Å². The van der Waals surface area contributed by atoms with Crippen LogP contribution in [0.1, 0.15) is 63.9 Å². The topological polar surface area (TPSA) is 37.8 Å². The maximum absolute atomic E-state index is 4.84. The Morgan fingerprint density at radius 3 is 2.28 bits per heavy atom. The molecule has 0 radical (unpaired) electrons. The molecule has 1 aliphatic carbocycles. The van der Waals surface area contributed by atoms with Crippen LogP contribution in [0.3, 0.4) is 0 Å². The average molecular weight is 312 g/mol. The quantitative estimate of drug-likeness (QED) is 0.888. The fourth-order valence-electron chi connectivity index (χ4n) is 2.49. The van der Waals surface area contributed by atoms with Crippen LogP contribution in [0.2, 0.25) is 0 Å². The predicted molar refractivity (Wildman–Crippen MR) is 79.2 cm³/mol. The Hall–Kier alpha value is -0.640. The van der Waals surface area contributed by atoms with Gasteiger partial charge in [-0.15, -0.1) is 0 Å². The zero-order valence-corrected chi connectivity index (χ0v) is 13.3. The van der Waals surface area contributed by atoms with E-state index in [2.05, 4.69) is 47.0 Å². The molecule has 0 amide bonds. The van der Waals surface area contributed by atoms with E-state index in [0.717, 1.165) is 21.8 Å². The number of nitrogens with one attached hydrogen (secondary N) is 1. The Morgan fingerprint density at radius 2 is 1.78 bits per heavy atom. The lowest BCUT2D eigenvalue weighted by atomic mass is 9.91. The highest BCUT2D eigenvalue weighted by molar-refractivity contribution is 9.10. The third-order valence-corrected chi connectivity index (χ3v) is 4.29. The van der Waals surface area contributed by atoms with Gasteiger partial charge in [-0.05, 0) is 28.8 Å². The molecule has 1 saturated carbocycles. The van der Waals surface area contributed by atoms with E-state index >= 15 is 0 Å². The van der Waals surface area contributed by atoms with Crippen LogP contribution in [0.25, 0.3) is 0 Å². The van der Waals surface area contributed by atoms with E-state index in [1.54, 1.807) is 0 Å². The fraction of sp³-hybridized carbons (Fsp3) is 0.714. The van der Waals surface area contributed by atoms with Crippen LogP contribution in [-0.2, 0) is 5.41 Å². The molecular formula is C14H22BrN3. The highest BCUT2D eigenvalue weighted by Gasteiger charge is 2.26. The first kappa shape index (κ1) is 13.8. The van der Waals surface area contributed by atoms with Crippen LogP contribution in [0.5, 0.6) is 0 Å². The van der Waals surface area contributed by atoms with Crippen LogP contribution in [0, 0.1) is 0 Å². The molecule has 18 heavy (non-hydrogen) atoms. The molecule has 1 aromatic rings. The molecule has 4 heteroatoms. The predicted octanol–water partition coefficient (Wildman–Crippen LogP) is 4.24. The van der Waals surface area contributed by atoms with Gasteiger partial charge in [0.25, 0.3) is 0 Å². The van der Waals surface area contributed by atoms with Gasteiger partial charge in [-0.2, -0.15) is 0 Å². The summed E-state index contributed by atoms with van der Waals surface area (Å²) in [6, 6.07) is 0. The van der Waals surface area contributed by atoms with Gasteiger partial charge in [0, 0.05) is 18.4 Å². The molecule has 0 aliphatic heterocycles. The van der Waals surface area contributed by atoms with E-state index in [0.29, 0.717) is 5.92 Å². The van der Waals surface area contributed by atoms with E-state index in [1.165, 1.54) is 25.7 Å². The van der Waals surface area contributed by atoms with E-state index < -0.39 is 0 Å². The summed E-state index contributed by atoms with van der Waals surface area (Å²) in [6.45, 7) is 6.58. The van der Waals surface area contributed by atoms with Gasteiger partial charge >= 0.3 is 0 Å². The van der Waals surface area contributed by atoms with Crippen LogP contribution < -0.4 is 5.32 Å². The summed E-state index contributed by atoms with van der Waals surface area (Å²) < 4.78 is 0.999. The molecule has 1 N–H and O–H groups in total. The second-order valence-corrected chi connectivity index (χ2v) is 6.87. The Bertz CT molecular complexity index is 431. The van der Waals surface area contributed by atoms with Gasteiger partial charge in [0.1, 0.15) is 11.6 Å². The maximum atomic E-state index is 4.84. The van der Waals surface area contributed by atoms with Crippen molar-refractivity contribution in [1.29, 1.82) is 0 Å². The van der Waals surface area contributed by atoms with Gasteiger partial charge in [-0.1, -0.05) is 33.6 Å². The van der Waals surface area contributed by atoms with Crippen molar-refractivity contribution in [2.75, 3.05) is 12.4 Å². The van der Waals surface area contributed by atoms with Crippen molar-refractivity contribution in [1.82, 2.24) is 9.97 Å². The van der Waals surface area contributed by atoms with Crippen LogP contribution in [0.4, 0.5) is 5.82 Å². The molecule has 3 nitrogen and oxygen atoms in total. The number of halogens is 1. The van der Waals surface area contributed by atoms with Crippen molar-refractivity contribution in [3.63, 3.8) is 0 Å². The summed E-state index contributed by atoms with van der Waals surface area (Å²) in [5.74, 6) is 2.48. The maximum Gasteiger partial charge on any atom is 0.144 e. The summed E-state index contributed by atoms with van der Waals surface area (Å²) >= 11 is 3.63. The normalized spacial score (nSPS) is 17.2. The summed E-state index contributed by atoms with van der Waals surface area (Å²) in [7, 11) is 1.91. The highest BCUT2D eigenvalue weighted by Crippen LogP contribution is 2.37. The zero-order valence-electron chi connectivity index (χ0n) is 11.7. The highest BCUT2D eigenvalue weighted by atomic mass is 79.9. The van der Waals surface area contributed by atoms with Gasteiger partial charge in [-0.25, -0.2) is 9.97 Å². The summed E-state index contributed by atoms with van der Waals surface area (Å²) in [5, 5.41) is 3.17. The van der Waals surface area contributed by atoms with Gasteiger partial charge in [0.05, 0.1) is 10.2 Å². The molecule has 100 valence electrons. The number of nitrogens with zero attached hydrogens (tertiary/aromatic N) is 2. The summed E-state index contributed by atoms with van der Waals surface area (Å²) in [6.07, 6.45) is 5.08. The lowest BCUT2D eigenvalue weighted by molar-refractivity contribution is 0.549. The first-order chi connectivity index (χ1) is 8.43. The van der Waals surface area contributed by atoms with Crippen LogP contribution in [0.15, 0.2) is 4.47 Å². The van der Waals surface area contributed by atoms with Crippen molar-refractivity contribution >= 4 is 21.7 Å². The molecule has 1 heterocycles. The van der Waals surface area contributed by atoms with E-state index in [1.807, 2.05) is 7.05 Å². The molecule has 1 aromatic heterocycles. The summed E-state index contributed by atoms with van der Waals surface area (Å²) in [4.78, 5) is 9.51. The minimum absolute atomic E-state index is 0.0285. The minimum Gasteiger partial charge on any atom is -0.372 e. The minimum atomic E-state index is 0.0285. The third-order valence-electron chi connectivity index (χ3n) is 3.54. The first-order valence-corrected chi connectivity index (χ1v) is 7.48. The van der Waals surface area contributed by atoms with E-state index in [9.17, 15) is 0 Å². The first-order valence-electron chi connectivity index (χ1n) is 6.69. The molecule has 2 rings (SSSR count). The Labute approximate surface area is 118 Å². The standard InChI is InChI=1S/C14H22BrN3/c1-14(2,3)11-10(15)13(16-4)18-12(17-11)9-7-5-6-8-9/h9H,5-8H2,1-4H3,(H,16,17,18). The molecule has 0 aromatic carbocycles. The van der Waals surface area contributed by atoms with Crippen molar-refractivity contribution in [3.05, 3.63) is 16.0 Å². The number of rotatable bonds is 2. The van der Waals surface area contributed by atoms with E-state index in [4.69, 9.17) is 4.98 Å². The number of aromatic nitrogens is 2. The smallest absolute Gasteiger partial charge is 0.144 e. The molecule has 0 saturated heterocycles. The Kier molecular flexibility index (Phi) is 3.95. The molecule has 0 unspecified atom stereocenters. The third kappa shape index (κ3) is 2.68. The second-order valence-electron chi connectivity index (χ2n) is 6.07. The molecule has 0 atom stereocenters. The van der Waals surface area contributed by atoms with Gasteiger partial charge < -0.3 is 5.32 Å². The zero-order chi connectivity index (χ0) is 13.3. The van der Waals surface area contributed by atoms with Crippen molar-refractivity contribution in [2.24, 2.45) is 0 Å². The summed E-state index contributed by atoms with van der Waals surface area (Å²) in [5.41, 5.74) is 1.13. The molecular weight excluding hydrogens is 290 g/mol. The van der Waals surface area contributed by atoms with Gasteiger partial charge in [0.2, 0.25) is 0 Å². The SMILES string of the molecule is CNc1nc(C2CCCC2)nc(C(C)(C)C)c1Br. The van der Waals surface area contributed by atoms with Crippen molar-refractivity contribution in [2.45, 2.75) is 57.8 Å². The Balaban J connectivity index is 2.48. The molecule has 0 bridgehead atoms. The van der Waals surface area contributed by atoms with Crippen LogP contribution >= 0.6 is 15.9 Å². The number of anilines is 1. The molecule has 0 spiro atoms. The lowest BCUT2D eigenvalue weighted by Gasteiger charge is -2.23. The monoisotopic (exact) mass is 311 g/mol. The average Bonchev–Trinajstić information content (AvgIpc) is 2.81. The largest absolute Gasteiger partial charge is 0.372 e. The van der Waals surface area contributed by atoms with Crippen LogP contribution in [-0.4, -0.2) is 17.0 Å². The van der Waals surface area contributed by atoms with Crippen molar-refractivity contribution < 1.29 is 0 Å². The second kappa shape index (κ2) is 5.16. The van der Waals surface area contributed by atoms with Gasteiger partial charge in [-0.3, -0.25) is 0 Å². The molecule has 1 aliphatic rings. The molecule has 1 fully saturated rings. The lowest BCUT2D eigenvalue weighted by Crippen LogP contribution is -2.18. The van der Waals surface area contributed by atoms with Crippen molar-refractivity contribution in [3.8, 4) is 0 Å². The fourth-order valence-corrected chi connectivity index (χ4v) is 3.46. The number of hydrogen-bond donors (Lipinski definition) is 1.